The molecule has 2 aromatic carbocycles. The van der Waals surface area contributed by atoms with Crippen LogP contribution in [-0.4, -0.2) is 7.11 Å². The highest BCUT2D eigenvalue weighted by Crippen LogP contribution is 2.26. The molecule has 3 N–H and O–H groups in total. The predicted molar refractivity (Wildman–Crippen MR) is 80.8 cm³/mol. The molecule has 0 saturated heterocycles. The normalized spacial score (nSPS) is 12.2. The second-order valence-corrected chi connectivity index (χ2v) is 5.47. The fourth-order valence-corrected chi connectivity index (χ4v) is 2.49. The van der Waals surface area contributed by atoms with Gasteiger partial charge in [0.05, 0.1) is 13.2 Å². The summed E-state index contributed by atoms with van der Waals surface area (Å²) in [6.07, 6.45) is 0.352. The van der Waals surface area contributed by atoms with Crippen LogP contribution in [0, 0.1) is 11.6 Å². The molecule has 0 amide bonds. The number of nitrogens with two attached hydrogens (primary N) is 1. The van der Waals surface area contributed by atoms with Crippen LogP contribution in [0.3, 0.4) is 0 Å². The molecule has 21 heavy (non-hydrogen) atoms. The van der Waals surface area contributed by atoms with Crippen LogP contribution >= 0.6 is 15.9 Å². The molecule has 3 nitrogen and oxygen atoms in total. The van der Waals surface area contributed by atoms with Crippen LogP contribution < -0.4 is 16.0 Å². The fourth-order valence-electron chi connectivity index (χ4n) is 2.11. The zero-order chi connectivity index (χ0) is 15.4. The summed E-state index contributed by atoms with van der Waals surface area (Å²) < 4.78 is 33.2. The van der Waals surface area contributed by atoms with Gasteiger partial charge in [0.25, 0.3) is 0 Å². The van der Waals surface area contributed by atoms with Crippen molar-refractivity contribution in [3.8, 4) is 5.75 Å². The third-order valence-corrected chi connectivity index (χ3v) is 3.68. The van der Waals surface area contributed by atoms with Gasteiger partial charge in [-0.3, -0.25) is 11.3 Å². The molecule has 112 valence electrons. The SMILES string of the molecule is COc1ccc(CC(NN)c2cc(Br)ccc2F)cc1F. The number of rotatable bonds is 5. The number of benzene rings is 2. The lowest BCUT2D eigenvalue weighted by molar-refractivity contribution is 0.386. The van der Waals surface area contributed by atoms with Crippen molar-refractivity contribution in [2.75, 3.05) is 7.11 Å². The van der Waals surface area contributed by atoms with Gasteiger partial charge in [-0.05, 0) is 42.3 Å². The van der Waals surface area contributed by atoms with Gasteiger partial charge in [-0.25, -0.2) is 8.78 Å². The van der Waals surface area contributed by atoms with Gasteiger partial charge in [0.2, 0.25) is 0 Å². The van der Waals surface area contributed by atoms with Crippen LogP contribution in [0.15, 0.2) is 40.9 Å². The zero-order valence-electron chi connectivity index (χ0n) is 11.4. The van der Waals surface area contributed by atoms with Crippen molar-refractivity contribution in [1.82, 2.24) is 5.43 Å². The van der Waals surface area contributed by atoms with E-state index in [0.29, 0.717) is 17.5 Å². The van der Waals surface area contributed by atoms with Gasteiger partial charge in [0.1, 0.15) is 5.82 Å². The summed E-state index contributed by atoms with van der Waals surface area (Å²) in [4.78, 5) is 0. The molecule has 2 aromatic rings. The molecular formula is C15H15BrF2N2O. The van der Waals surface area contributed by atoms with E-state index in [9.17, 15) is 8.78 Å². The second kappa shape index (κ2) is 6.98. The lowest BCUT2D eigenvalue weighted by Crippen LogP contribution is -2.30. The summed E-state index contributed by atoms with van der Waals surface area (Å²) in [7, 11) is 1.40. The molecule has 0 aliphatic rings. The van der Waals surface area contributed by atoms with Crippen LogP contribution in [0.1, 0.15) is 17.2 Å². The third-order valence-electron chi connectivity index (χ3n) is 3.19. The third kappa shape index (κ3) is 3.78. The minimum atomic E-state index is -0.463. The Bertz CT molecular complexity index is 637. The highest BCUT2D eigenvalue weighted by Gasteiger charge is 2.16. The number of halogens is 3. The minimum Gasteiger partial charge on any atom is -0.494 e. The molecule has 0 fully saturated rings. The summed E-state index contributed by atoms with van der Waals surface area (Å²) in [6.45, 7) is 0. The van der Waals surface area contributed by atoms with E-state index >= 15 is 0 Å². The van der Waals surface area contributed by atoms with Gasteiger partial charge in [0, 0.05) is 10.0 Å². The number of hydrogen-bond donors (Lipinski definition) is 2. The molecule has 6 heteroatoms. The number of hydrazine groups is 1. The Balaban J connectivity index is 2.26. The van der Waals surface area contributed by atoms with Gasteiger partial charge in [0.15, 0.2) is 11.6 Å². The predicted octanol–water partition coefficient (Wildman–Crippen LogP) is 3.48. The van der Waals surface area contributed by atoms with Gasteiger partial charge in [-0.2, -0.15) is 0 Å². The standard InChI is InChI=1S/C15H15BrF2N2O/c1-21-15-5-2-9(6-13(15)18)7-14(20-19)11-8-10(16)3-4-12(11)17/h2-6,8,14,20H,7,19H2,1H3. The van der Waals surface area contributed by atoms with E-state index in [4.69, 9.17) is 10.6 Å². The monoisotopic (exact) mass is 356 g/mol. The topological polar surface area (TPSA) is 47.3 Å². The Labute approximate surface area is 130 Å². The molecule has 0 saturated carbocycles. The summed E-state index contributed by atoms with van der Waals surface area (Å²) in [5, 5.41) is 0. The number of hydrogen-bond acceptors (Lipinski definition) is 3. The van der Waals surface area contributed by atoms with Crippen LogP contribution in [0.2, 0.25) is 0 Å². The Morgan fingerprint density at radius 1 is 1.19 bits per heavy atom. The van der Waals surface area contributed by atoms with Gasteiger partial charge in [-0.1, -0.05) is 22.0 Å². The summed E-state index contributed by atoms with van der Waals surface area (Å²) >= 11 is 3.30. The van der Waals surface area contributed by atoms with Crippen molar-refractivity contribution in [2.24, 2.45) is 5.84 Å². The Kier molecular flexibility index (Phi) is 5.27. The molecular weight excluding hydrogens is 342 g/mol. The average molecular weight is 357 g/mol. The van der Waals surface area contributed by atoms with Crippen molar-refractivity contribution in [3.05, 3.63) is 63.6 Å². The van der Waals surface area contributed by atoms with Crippen molar-refractivity contribution in [3.63, 3.8) is 0 Å². The summed E-state index contributed by atoms with van der Waals surface area (Å²) in [5.41, 5.74) is 3.68. The molecule has 0 aliphatic carbocycles. The first-order chi connectivity index (χ1) is 10.0. The molecule has 0 radical (unpaired) electrons. The van der Waals surface area contributed by atoms with E-state index in [1.165, 1.54) is 25.3 Å². The van der Waals surface area contributed by atoms with Gasteiger partial charge >= 0.3 is 0 Å². The van der Waals surface area contributed by atoms with E-state index < -0.39 is 11.9 Å². The molecule has 0 aliphatic heterocycles. The first-order valence-corrected chi connectivity index (χ1v) is 7.08. The van der Waals surface area contributed by atoms with Gasteiger partial charge in [-0.15, -0.1) is 0 Å². The molecule has 0 spiro atoms. The van der Waals surface area contributed by atoms with E-state index in [2.05, 4.69) is 21.4 Å². The van der Waals surface area contributed by atoms with E-state index in [1.54, 1.807) is 18.2 Å². The number of methoxy groups -OCH3 is 1. The van der Waals surface area contributed by atoms with Crippen LogP contribution in [-0.2, 0) is 6.42 Å². The molecule has 1 atom stereocenters. The zero-order valence-corrected chi connectivity index (χ0v) is 13.0. The second-order valence-electron chi connectivity index (χ2n) is 4.56. The molecule has 0 bridgehead atoms. The highest BCUT2D eigenvalue weighted by molar-refractivity contribution is 9.10. The van der Waals surface area contributed by atoms with Crippen molar-refractivity contribution in [1.29, 1.82) is 0 Å². The lowest BCUT2D eigenvalue weighted by atomic mass is 9.99. The van der Waals surface area contributed by atoms with Crippen molar-refractivity contribution >= 4 is 15.9 Å². The Morgan fingerprint density at radius 2 is 1.95 bits per heavy atom. The van der Waals surface area contributed by atoms with Crippen molar-refractivity contribution in [2.45, 2.75) is 12.5 Å². The Morgan fingerprint density at radius 3 is 2.57 bits per heavy atom. The number of ether oxygens (including phenoxy) is 1. The van der Waals surface area contributed by atoms with Crippen LogP contribution in [0.5, 0.6) is 5.75 Å². The number of nitrogens with one attached hydrogen (secondary N) is 1. The lowest BCUT2D eigenvalue weighted by Gasteiger charge is -2.18. The average Bonchev–Trinajstić information content (AvgIpc) is 2.47. The molecule has 1 unspecified atom stereocenters. The Hall–Kier alpha value is -1.50. The first kappa shape index (κ1) is 15.9. The smallest absolute Gasteiger partial charge is 0.165 e. The molecule has 0 heterocycles. The summed E-state index contributed by atoms with van der Waals surface area (Å²) in [6, 6.07) is 8.78. The van der Waals surface area contributed by atoms with E-state index in [1.807, 2.05) is 0 Å². The van der Waals surface area contributed by atoms with E-state index in [0.717, 1.165) is 4.47 Å². The highest BCUT2D eigenvalue weighted by atomic mass is 79.9. The maximum atomic E-state index is 13.9. The minimum absolute atomic E-state index is 0.171. The maximum absolute atomic E-state index is 13.9. The quantitative estimate of drug-likeness (QED) is 0.636. The first-order valence-electron chi connectivity index (χ1n) is 6.28. The maximum Gasteiger partial charge on any atom is 0.165 e. The van der Waals surface area contributed by atoms with Crippen LogP contribution in [0.25, 0.3) is 0 Å². The van der Waals surface area contributed by atoms with E-state index in [-0.39, 0.29) is 11.6 Å². The fraction of sp³-hybridized carbons (Fsp3) is 0.200. The van der Waals surface area contributed by atoms with Crippen molar-refractivity contribution < 1.29 is 13.5 Å². The molecule has 0 aromatic heterocycles. The summed E-state index contributed by atoms with van der Waals surface area (Å²) in [5.74, 6) is 4.86. The largest absolute Gasteiger partial charge is 0.494 e. The molecule has 2 rings (SSSR count). The van der Waals surface area contributed by atoms with Gasteiger partial charge < -0.3 is 4.74 Å². The van der Waals surface area contributed by atoms with Crippen LogP contribution in [0.4, 0.5) is 8.78 Å².